The van der Waals surface area contributed by atoms with Gasteiger partial charge >= 0.3 is 42.3 Å². The van der Waals surface area contributed by atoms with E-state index in [-0.39, 0.29) is 46.2 Å². The van der Waals surface area contributed by atoms with Crippen LogP contribution in [0.25, 0.3) is 43.5 Å². The zero-order valence-corrected chi connectivity index (χ0v) is 31.0. The maximum atomic E-state index is 6.97. The number of hydrogen-bond donors (Lipinski definition) is 0. The summed E-state index contributed by atoms with van der Waals surface area (Å²) in [6.45, 7) is 4.49. The van der Waals surface area contributed by atoms with E-state index in [0.717, 1.165) is 21.9 Å². The standard InChI is InChI=1S/C34H28NO2P.2C5H5.2Fe/c1-23(25-11-3-4-12-25)35(24(2)26-13-5-6-14-26)38-36-31-21-19-27-15-7-9-17-29(27)33(31)34-30-18-10-8-16-28(30)20-22-32(34)37-38;2*1-2-4-5-3-1;;/h3-24H,1-2H3;2*1-5H;;/q;;;2*+2/t23-,24-;;;;/m1..../s1. The molecule has 5 aromatic rings. The van der Waals surface area contributed by atoms with Crippen molar-refractivity contribution in [1.29, 1.82) is 0 Å². The van der Waals surface area contributed by atoms with Crippen molar-refractivity contribution >= 4 is 51.6 Å². The van der Waals surface area contributed by atoms with Crippen molar-refractivity contribution < 1.29 is 42.5 Å². The van der Waals surface area contributed by atoms with E-state index in [0.29, 0.717) is 0 Å². The van der Waals surface area contributed by atoms with E-state index >= 15 is 0 Å². The van der Waals surface area contributed by atoms with Gasteiger partial charge in [-0.1, -0.05) is 60.7 Å². The molecule has 4 saturated carbocycles. The molecule has 4 aliphatic carbocycles. The molecule has 9 rings (SSSR count). The second-order valence-electron chi connectivity index (χ2n) is 11.8. The van der Waals surface area contributed by atoms with Gasteiger partial charge in [-0.25, -0.2) is 0 Å². The van der Waals surface area contributed by atoms with Crippen molar-refractivity contribution in [2.24, 2.45) is 0 Å². The van der Waals surface area contributed by atoms with Crippen LogP contribution < -0.4 is 4.67 Å². The van der Waals surface area contributed by atoms with Gasteiger partial charge in [-0.05, 0) is 163 Å². The predicted molar refractivity (Wildman–Crippen MR) is 202 cm³/mol. The van der Waals surface area contributed by atoms with E-state index in [4.69, 9.17) is 8.39 Å². The van der Waals surface area contributed by atoms with Crippen LogP contribution in [0, 0.1) is 127 Å². The van der Waals surface area contributed by atoms with Gasteiger partial charge in [-0.2, -0.15) is 4.67 Å². The second-order valence-corrected chi connectivity index (χ2v) is 13.1. The van der Waals surface area contributed by atoms with Gasteiger partial charge in [0.05, 0.1) is 0 Å². The summed E-state index contributed by atoms with van der Waals surface area (Å²) in [4.78, 5) is 0. The van der Waals surface area contributed by atoms with Crippen molar-refractivity contribution in [3.8, 4) is 0 Å². The van der Waals surface area contributed by atoms with Crippen LogP contribution in [0.3, 0.4) is 0 Å². The van der Waals surface area contributed by atoms with Crippen LogP contribution in [-0.2, 0) is 34.1 Å². The van der Waals surface area contributed by atoms with Gasteiger partial charge < -0.3 is 8.39 Å². The molecule has 248 valence electrons. The van der Waals surface area contributed by atoms with Gasteiger partial charge in [0, 0.05) is 34.7 Å². The molecule has 0 unspecified atom stereocenters. The summed E-state index contributed by atoms with van der Waals surface area (Å²) in [6.07, 6.45) is 37.1. The fraction of sp³-hybridized carbons (Fsp3) is 0.0909. The zero-order chi connectivity index (χ0) is 32.7. The average Bonchev–Trinajstić information content (AvgIpc) is 3.97. The van der Waals surface area contributed by atoms with Crippen LogP contribution in [0.2, 0.25) is 0 Å². The van der Waals surface area contributed by atoms with Gasteiger partial charge in [0.25, 0.3) is 0 Å². The largest absolute Gasteiger partial charge is 2.00 e. The first-order chi connectivity index (χ1) is 23.7. The summed E-state index contributed by atoms with van der Waals surface area (Å²) in [5.41, 5.74) is 1.72. The molecule has 0 saturated heterocycles. The number of hydrogen-bond acceptors (Lipinski definition) is 3. The smallest absolute Gasteiger partial charge is 0.408 e. The van der Waals surface area contributed by atoms with Gasteiger partial charge in [-0.3, -0.25) is 0 Å². The molecule has 4 aliphatic rings. The Labute approximate surface area is 323 Å². The average molecular weight is 755 g/mol. The molecular formula is C44H38Fe2NO2P+4. The van der Waals surface area contributed by atoms with Gasteiger partial charge in [0.1, 0.15) is 11.2 Å². The minimum absolute atomic E-state index is 0. The summed E-state index contributed by atoms with van der Waals surface area (Å²) in [5.74, 6) is 2.50. The summed E-state index contributed by atoms with van der Waals surface area (Å²) in [7, 11) is -1.50. The van der Waals surface area contributed by atoms with Crippen molar-refractivity contribution in [3.63, 3.8) is 0 Å². The van der Waals surface area contributed by atoms with E-state index in [1.807, 2.05) is 64.2 Å². The molecule has 6 heteroatoms. The van der Waals surface area contributed by atoms with Crippen LogP contribution in [-0.4, -0.2) is 12.1 Å². The molecule has 0 N–H and O–H groups in total. The van der Waals surface area contributed by atoms with Crippen LogP contribution in [0.5, 0.6) is 0 Å². The molecule has 50 heavy (non-hydrogen) atoms. The first-order valence-corrected chi connectivity index (χ1v) is 17.6. The normalized spacial score (nSPS) is 19.1. The van der Waals surface area contributed by atoms with E-state index < -0.39 is 8.16 Å². The first kappa shape index (κ1) is 39.5. The third kappa shape index (κ3) is 9.08. The minimum atomic E-state index is -1.50. The number of benzene rings is 4. The molecule has 0 spiro atoms. The van der Waals surface area contributed by atoms with Crippen LogP contribution in [0.4, 0.5) is 0 Å². The Morgan fingerprint density at radius 1 is 0.440 bits per heavy atom. The number of rotatable bonds is 5. The third-order valence-electron chi connectivity index (χ3n) is 8.82. The van der Waals surface area contributed by atoms with Crippen LogP contribution in [0.1, 0.15) is 13.8 Å². The Balaban J connectivity index is 0.000000350. The van der Waals surface area contributed by atoms with Crippen LogP contribution in [0.15, 0.2) is 81.2 Å². The van der Waals surface area contributed by atoms with Crippen molar-refractivity contribution in [2.45, 2.75) is 25.9 Å². The summed E-state index contributed by atoms with van der Waals surface area (Å²) in [5, 5.41) is 6.91. The topological polar surface area (TPSA) is 29.5 Å². The fourth-order valence-electron chi connectivity index (χ4n) is 6.35. The summed E-state index contributed by atoms with van der Waals surface area (Å²) >= 11 is 0. The maximum absolute atomic E-state index is 6.97. The molecule has 4 fully saturated rings. The molecular weight excluding hydrogens is 717 g/mol. The predicted octanol–water partition coefficient (Wildman–Crippen LogP) is 11.2. The first-order valence-electron chi connectivity index (χ1n) is 16.4. The van der Waals surface area contributed by atoms with E-state index in [1.54, 1.807) is 0 Å². The molecule has 0 aliphatic heterocycles. The molecule has 3 nitrogen and oxygen atoms in total. The zero-order valence-electron chi connectivity index (χ0n) is 27.9. The minimum Gasteiger partial charge on any atom is -0.408 e. The van der Waals surface area contributed by atoms with E-state index in [2.05, 4.69) is 143 Å². The monoisotopic (exact) mass is 755 g/mol. The van der Waals surface area contributed by atoms with Gasteiger partial charge in [-0.15, -0.1) is 0 Å². The van der Waals surface area contributed by atoms with Crippen molar-refractivity contribution in [1.82, 2.24) is 0 Å². The Morgan fingerprint density at radius 3 is 1.14 bits per heavy atom. The van der Waals surface area contributed by atoms with Crippen LogP contribution >= 0.6 is 8.16 Å². The van der Waals surface area contributed by atoms with E-state index in [9.17, 15) is 0 Å². The summed E-state index contributed by atoms with van der Waals surface area (Å²) < 4.78 is 16.3. The molecule has 20 radical (unpaired) electrons. The Hall–Kier alpha value is -1.70. The third-order valence-corrected chi connectivity index (χ3v) is 10.6. The Bertz CT molecular complexity index is 1670. The molecule has 1 aromatic heterocycles. The van der Waals surface area contributed by atoms with Gasteiger partial charge in [0.2, 0.25) is 0 Å². The van der Waals surface area contributed by atoms with E-state index in [1.165, 1.54) is 33.4 Å². The molecule has 0 bridgehead atoms. The SMILES string of the molecule is C[C@H]([C]1[CH][CH][CH][CH]1)N([C@H](C)[C]1[CH][CH][CH][CH]1)p1oc2ccc3ccccc3c2c2c(ccc3ccccc32)o1.[CH]1[CH][CH][CH][CH]1.[CH]1[CH][CH][CH][CH]1.[Fe+2].[Fe+2]. The Kier molecular flexibility index (Phi) is 15.3. The molecule has 1 heterocycles. The van der Waals surface area contributed by atoms with Crippen molar-refractivity contribution in [3.05, 3.63) is 200 Å². The fourth-order valence-corrected chi connectivity index (χ4v) is 8.05. The number of nitrogens with zero attached hydrogens (tertiary/aromatic N) is 1. The molecule has 4 aromatic carbocycles. The maximum Gasteiger partial charge on any atom is 2.00 e. The number of fused-ring (bicyclic) bond motifs is 7. The quantitative estimate of drug-likeness (QED) is 0.167. The van der Waals surface area contributed by atoms with Crippen molar-refractivity contribution in [2.75, 3.05) is 4.67 Å². The van der Waals surface area contributed by atoms with Gasteiger partial charge in [0.15, 0.2) is 0 Å². The summed E-state index contributed by atoms with van der Waals surface area (Å²) in [6, 6.07) is 25.8. The second kappa shape index (κ2) is 19.4. The molecule has 0 amide bonds. The molecule has 2 atom stereocenters. The Morgan fingerprint density at radius 2 is 0.780 bits per heavy atom.